The van der Waals surface area contributed by atoms with Crippen molar-refractivity contribution in [2.24, 2.45) is 0 Å². The fourth-order valence-corrected chi connectivity index (χ4v) is 1.54. The number of H-pyrrole nitrogens is 1. The Morgan fingerprint density at radius 3 is 2.69 bits per heavy atom. The molecule has 16 heavy (non-hydrogen) atoms. The highest BCUT2D eigenvalue weighted by Crippen LogP contribution is 2.31. The molecule has 2 rings (SSSR count). The summed E-state index contributed by atoms with van der Waals surface area (Å²) in [7, 11) is 1.60. The van der Waals surface area contributed by atoms with E-state index in [-0.39, 0.29) is 12.4 Å². The zero-order valence-corrected chi connectivity index (χ0v) is 10.1. The van der Waals surface area contributed by atoms with Gasteiger partial charge in [0.1, 0.15) is 11.6 Å². The van der Waals surface area contributed by atoms with Crippen LogP contribution in [0.2, 0.25) is 5.02 Å². The number of ether oxygens (including phenoxy) is 1. The van der Waals surface area contributed by atoms with Crippen LogP contribution in [0, 0.1) is 0 Å². The van der Waals surface area contributed by atoms with Gasteiger partial charge >= 0.3 is 0 Å². The van der Waals surface area contributed by atoms with Gasteiger partial charge in [-0.2, -0.15) is 5.10 Å². The molecule has 4 nitrogen and oxygen atoms in total. The van der Waals surface area contributed by atoms with Crippen molar-refractivity contribution in [3.63, 3.8) is 0 Å². The first-order valence-electron chi connectivity index (χ1n) is 4.35. The zero-order chi connectivity index (χ0) is 10.8. The zero-order valence-electron chi connectivity index (χ0n) is 8.53. The topological polar surface area (TPSA) is 63.9 Å². The summed E-state index contributed by atoms with van der Waals surface area (Å²) in [5.74, 6) is 1.16. The second kappa shape index (κ2) is 5.09. The molecule has 0 saturated heterocycles. The van der Waals surface area contributed by atoms with Crippen molar-refractivity contribution in [3.8, 4) is 17.0 Å². The van der Waals surface area contributed by atoms with Crippen LogP contribution in [-0.4, -0.2) is 17.3 Å². The van der Waals surface area contributed by atoms with Gasteiger partial charge in [-0.1, -0.05) is 11.6 Å². The molecular formula is C10H11Cl2N3O. The normalized spacial score (nSPS) is 9.62. The highest BCUT2D eigenvalue weighted by Gasteiger charge is 2.08. The first-order chi connectivity index (χ1) is 7.20. The van der Waals surface area contributed by atoms with Gasteiger partial charge in [0, 0.05) is 16.7 Å². The summed E-state index contributed by atoms with van der Waals surface area (Å²) in [6, 6.07) is 7.10. The Hall–Kier alpha value is -1.39. The summed E-state index contributed by atoms with van der Waals surface area (Å²) in [4.78, 5) is 0. The molecule has 0 aliphatic heterocycles. The molecule has 0 aliphatic rings. The third kappa shape index (κ3) is 2.40. The summed E-state index contributed by atoms with van der Waals surface area (Å²) in [6.07, 6.45) is 0. The first-order valence-corrected chi connectivity index (χ1v) is 4.73. The maximum atomic E-state index is 5.91. The van der Waals surface area contributed by atoms with Crippen molar-refractivity contribution in [1.29, 1.82) is 0 Å². The van der Waals surface area contributed by atoms with E-state index in [2.05, 4.69) is 10.2 Å². The maximum absolute atomic E-state index is 5.91. The standard InChI is InChI=1S/C10H10ClN3O.ClH/c1-15-9-3-2-6(11)4-7(9)8-5-10(12)14-13-8;/h2-5H,1H3,(H3,12,13,14);1H. The number of hydrogen-bond donors (Lipinski definition) is 2. The number of aromatic amines is 1. The Morgan fingerprint density at radius 2 is 2.12 bits per heavy atom. The third-order valence-corrected chi connectivity index (χ3v) is 2.28. The van der Waals surface area contributed by atoms with Crippen LogP contribution in [0.1, 0.15) is 0 Å². The number of anilines is 1. The van der Waals surface area contributed by atoms with Gasteiger partial charge in [0.2, 0.25) is 0 Å². The van der Waals surface area contributed by atoms with Crippen molar-refractivity contribution in [2.75, 3.05) is 12.8 Å². The molecule has 0 aliphatic carbocycles. The van der Waals surface area contributed by atoms with Crippen LogP contribution >= 0.6 is 24.0 Å². The van der Waals surface area contributed by atoms with E-state index in [4.69, 9.17) is 22.1 Å². The number of nitrogens with two attached hydrogens (primary N) is 1. The lowest BCUT2D eigenvalue weighted by atomic mass is 10.1. The average Bonchev–Trinajstić information content (AvgIpc) is 2.65. The number of nitrogens with one attached hydrogen (secondary N) is 1. The molecule has 1 aromatic carbocycles. The Kier molecular flexibility index (Phi) is 4.04. The van der Waals surface area contributed by atoms with Gasteiger partial charge in [-0.25, -0.2) is 0 Å². The van der Waals surface area contributed by atoms with Crippen LogP contribution in [0.25, 0.3) is 11.3 Å². The minimum absolute atomic E-state index is 0. The molecule has 6 heteroatoms. The molecule has 86 valence electrons. The molecule has 0 atom stereocenters. The number of halogens is 2. The molecule has 0 fully saturated rings. The fourth-order valence-electron chi connectivity index (χ4n) is 1.37. The lowest BCUT2D eigenvalue weighted by Gasteiger charge is -2.06. The smallest absolute Gasteiger partial charge is 0.145 e. The minimum atomic E-state index is 0. The number of rotatable bonds is 2. The number of nitrogen functional groups attached to an aromatic ring is 1. The number of aromatic nitrogens is 2. The van der Waals surface area contributed by atoms with E-state index in [1.165, 1.54) is 0 Å². The van der Waals surface area contributed by atoms with Crippen molar-refractivity contribution >= 4 is 29.8 Å². The van der Waals surface area contributed by atoms with E-state index in [9.17, 15) is 0 Å². The van der Waals surface area contributed by atoms with Crippen molar-refractivity contribution < 1.29 is 4.74 Å². The van der Waals surface area contributed by atoms with Crippen LogP contribution in [0.5, 0.6) is 5.75 Å². The summed E-state index contributed by atoms with van der Waals surface area (Å²) in [5, 5.41) is 7.30. The first kappa shape index (κ1) is 12.7. The molecule has 2 aromatic rings. The van der Waals surface area contributed by atoms with E-state index in [1.54, 1.807) is 31.4 Å². The van der Waals surface area contributed by atoms with Gasteiger partial charge in [0.25, 0.3) is 0 Å². The largest absolute Gasteiger partial charge is 0.496 e. The van der Waals surface area contributed by atoms with Crippen LogP contribution < -0.4 is 10.5 Å². The predicted octanol–water partition coefficient (Wildman–Crippen LogP) is 2.74. The van der Waals surface area contributed by atoms with Gasteiger partial charge in [-0.15, -0.1) is 12.4 Å². The molecule has 0 radical (unpaired) electrons. The lowest BCUT2D eigenvalue weighted by Crippen LogP contribution is -1.87. The Labute approximate surface area is 104 Å². The third-order valence-electron chi connectivity index (χ3n) is 2.05. The molecule has 0 saturated carbocycles. The number of methoxy groups -OCH3 is 1. The van der Waals surface area contributed by atoms with E-state index < -0.39 is 0 Å². The maximum Gasteiger partial charge on any atom is 0.145 e. The molecule has 0 amide bonds. The number of hydrogen-bond acceptors (Lipinski definition) is 3. The van der Waals surface area contributed by atoms with E-state index in [0.29, 0.717) is 10.8 Å². The number of benzene rings is 1. The molecule has 0 unspecified atom stereocenters. The molecule has 0 spiro atoms. The van der Waals surface area contributed by atoms with Crippen LogP contribution in [0.3, 0.4) is 0 Å². The van der Waals surface area contributed by atoms with Gasteiger partial charge < -0.3 is 10.5 Å². The Bertz CT molecular complexity index is 485. The van der Waals surface area contributed by atoms with Crippen LogP contribution in [0.15, 0.2) is 24.3 Å². The van der Waals surface area contributed by atoms with Gasteiger partial charge in [-0.05, 0) is 18.2 Å². The van der Waals surface area contributed by atoms with Crippen LogP contribution in [-0.2, 0) is 0 Å². The molecule has 3 N–H and O–H groups in total. The van der Waals surface area contributed by atoms with Gasteiger partial charge in [0.15, 0.2) is 0 Å². The summed E-state index contributed by atoms with van der Waals surface area (Å²) in [5.41, 5.74) is 7.16. The average molecular weight is 260 g/mol. The summed E-state index contributed by atoms with van der Waals surface area (Å²) >= 11 is 5.91. The minimum Gasteiger partial charge on any atom is -0.496 e. The summed E-state index contributed by atoms with van der Waals surface area (Å²) in [6.45, 7) is 0. The van der Waals surface area contributed by atoms with E-state index >= 15 is 0 Å². The van der Waals surface area contributed by atoms with E-state index in [0.717, 1.165) is 17.0 Å². The van der Waals surface area contributed by atoms with Gasteiger partial charge in [0.05, 0.1) is 12.8 Å². The molecule has 1 heterocycles. The SMILES string of the molecule is COc1ccc(Cl)cc1-c1cc(N)n[nH]1.Cl. The van der Waals surface area contributed by atoms with Crippen LogP contribution in [0.4, 0.5) is 5.82 Å². The predicted molar refractivity (Wildman–Crippen MR) is 67.2 cm³/mol. The summed E-state index contributed by atoms with van der Waals surface area (Å²) < 4.78 is 5.22. The second-order valence-electron chi connectivity index (χ2n) is 3.05. The monoisotopic (exact) mass is 259 g/mol. The Morgan fingerprint density at radius 1 is 1.38 bits per heavy atom. The van der Waals surface area contributed by atoms with Crippen molar-refractivity contribution in [2.45, 2.75) is 0 Å². The molecule has 1 aromatic heterocycles. The van der Waals surface area contributed by atoms with E-state index in [1.807, 2.05) is 0 Å². The highest BCUT2D eigenvalue weighted by molar-refractivity contribution is 6.30. The lowest BCUT2D eigenvalue weighted by molar-refractivity contribution is 0.416. The molecular weight excluding hydrogens is 249 g/mol. The molecule has 0 bridgehead atoms. The number of nitrogens with zero attached hydrogens (tertiary/aromatic N) is 1. The fraction of sp³-hybridized carbons (Fsp3) is 0.100. The second-order valence-corrected chi connectivity index (χ2v) is 3.49. The van der Waals surface area contributed by atoms with Gasteiger partial charge in [-0.3, -0.25) is 5.10 Å². The van der Waals surface area contributed by atoms with Crippen molar-refractivity contribution in [1.82, 2.24) is 10.2 Å². The van der Waals surface area contributed by atoms with Crippen molar-refractivity contribution in [3.05, 3.63) is 29.3 Å². The quantitative estimate of drug-likeness (QED) is 0.872. The highest BCUT2D eigenvalue weighted by atomic mass is 35.5. The Balaban J connectivity index is 0.00000128.